The fourth-order valence-electron chi connectivity index (χ4n) is 2.23. The summed E-state index contributed by atoms with van der Waals surface area (Å²) in [6.07, 6.45) is 0.873. The first kappa shape index (κ1) is 16.8. The summed E-state index contributed by atoms with van der Waals surface area (Å²) in [5, 5.41) is 6.83. The minimum absolute atomic E-state index is 0.113. The van der Waals surface area contributed by atoms with Crippen molar-refractivity contribution in [1.29, 1.82) is 0 Å². The van der Waals surface area contributed by atoms with Crippen LogP contribution >= 0.6 is 0 Å². The van der Waals surface area contributed by atoms with Gasteiger partial charge in [0.15, 0.2) is 0 Å². The van der Waals surface area contributed by atoms with Crippen molar-refractivity contribution in [3.63, 3.8) is 0 Å². The Kier molecular flexibility index (Phi) is 4.88. The van der Waals surface area contributed by atoms with Crippen LogP contribution in [0.5, 0.6) is 0 Å². The molecular weight excluding hydrogens is 321 g/mol. The maximum absolute atomic E-state index is 13.0. The first-order valence-electron chi connectivity index (χ1n) is 8.07. The third-order valence-corrected chi connectivity index (χ3v) is 3.91. The molecule has 5 nitrogen and oxygen atoms in total. The predicted octanol–water partition coefficient (Wildman–Crippen LogP) is 4.07. The van der Waals surface area contributed by atoms with E-state index in [9.17, 15) is 9.18 Å². The van der Waals surface area contributed by atoms with Gasteiger partial charge in [-0.3, -0.25) is 4.79 Å². The number of halogens is 1. The number of carbonyl (C=O) groups excluding carboxylic acids is 1. The largest absolute Gasteiger partial charge is 0.350 e. The van der Waals surface area contributed by atoms with Crippen molar-refractivity contribution in [3.05, 3.63) is 59.9 Å². The van der Waals surface area contributed by atoms with Crippen molar-refractivity contribution in [2.24, 2.45) is 0 Å². The van der Waals surface area contributed by atoms with Crippen LogP contribution in [0.3, 0.4) is 0 Å². The standard InChI is InChI=1S/C19H18FN3O2/c1-3-12(2)21-18(24)14-4-6-15(7-5-14)19-22-17(23-25-19)13-8-10-16(20)11-9-13/h4-12H,3H2,1-2H3,(H,21,24)/t12-/m1/s1. The van der Waals surface area contributed by atoms with Crippen LogP contribution in [-0.4, -0.2) is 22.1 Å². The molecule has 2 aromatic carbocycles. The lowest BCUT2D eigenvalue weighted by atomic mass is 10.1. The van der Waals surface area contributed by atoms with Crippen molar-refractivity contribution in [2.45, 2.75) is 26.3 Å². The summed E-state index contributed by atoms with van der Waals surface area (Å²) in [5.41, 5.74) is 1.95. The molecule has 1 N–H and O–H groups in total. The Morgan fingerprint density at radius 2 is 1.76 bits per heavy atom. The van der Waals surface area contributed by atoms with Gasteiger partial charge in [0.25, 0.3) is 11.8 Å². The third-order valence-electron chi connectivity index (χ3n) is 3.91. The summed E-state index contributed by atoms with van der Waals surface area (Å²) < 4.78 is 18.2. The van der Waals surface area contributed by atoms with Gasteiger partial charge in [-0.05, 0) is 61.9 Å². The van der Waals surface area contributed by atoms with Gasteiger partial charge in [0.2, 0.25) is 5.82 Å². The highest BCUT2D eigenvalue weighted by Gasteiger charge is 2.13. The number of hydrogen-bond acceptors (Lipinski definition) is 4. The van der Waals surface area contributed by atoms with Crippen LogP contribution in [0.4, 0.5) is 4.39 Å². The summed E-state index contributed by atoms with van der Waals surface area (Å²) in [4.78, 5) is 16.4. The molecule has 0 saturated carbocycles. The molecule has 25 heavy (non-hydrogen) atoms. The van der Waals surface area contributed by atoms with Crippen LogP contribution in [0.15, 0.2) is 53.1 Å². The molecule has 3 rings (SSSR count). The van der Waals surface area contributed by atoms with Gasteiger partial charge in [0.1, 0.15) is 5.82 Å². The molecule has 0 bridgehead atoms. The van der Waals surface area contributed by atoms with Crippen LogP contribution in [0, 0.1) is 5.82 Å². The molecule has 1 heterocycles. The van der Waals surface area contributed by atoms with Crippen molar-refractivity contribution >= 4 is 5.91 Å². The van der Waals surface area contributed by atoms with Gasteiger partial charge in [-0.1, -0.05) is 12.1 Å². The Labute approximate surface area is 144 Å². The second-order valence-electron chi connectivity index (χ2n) is 5.79. The van der Waals surface area contributed by atoms with Gasteiger partial charge in [0, 0.05) is 22.7 Å². The van der Waals surface area contributed by atoms with Gasteiger partial charge >= 0.3 is 0 Å². The second kappa shape index (κ2) is 7.25. The molecule has 0 radical (unpaired) electrons. The predicted molar refractivity (Wildman–Crippen MR) is 92.3 cm³/mol. The van der Waals surface area contributed by atoms with Crippen LogP contribution in [0.25, 0.3) is 22.8 Å². The topological polar surface area (TPSA) is 68.0 Å². The zero-order valence-corrected chi connectivity index (χ0v) is 14.0. The summed E-state index contributed by atoms with van der Waals surface area (Å²) >= 11 is 0. The van der Waals surface area contributed by atoms with Crippen molar-refractivity contribution in [1.82, 2.24) is 15.5 Å². The maximum atomic E-state index is 13.0. The number of hydrogen-bond donors (Lipinski definition) is 1. The highest BCUT2D eigenvalue weighted by molar-refractivity contribution is 5.94. The molecule has 0 aliphatic rings. The molecule has 0 fully saturated rings. The van der Waals surface area contributed by atoms with E-state index in [4.69, 9.17) is 4.52 Å². The van der Waals surface area contributed by atoms with Gasteiger partial charge in [-0.15, -0.1) is 0 Å². The molecule has 128 valence electrons. The van der Waals surface area contributed by atoms with E-state index in [1.807, 2.05) is 13.8 Å². The van der Waals surface area contributed by atoms with Crippen LogP contribution in [0.2, 0.25) is 0 Å². The van der Waals surface area contributed by atoms with Crippen molar-refractivity contribution < 1.29 is 13.7 Å². The van der Waals surface area contributed by atoms with Gasteiger partial charge in [0.05, 0.1) is 0 Å². The third kappa shape index (κ3) is 3.91. The Bertz CT molecular complexity index is 857. The summed E-state index contributed by atoms with van der Waals surface area (Å²) in [6, 6.07) is 12.9. The molecule has 0 unspecified atom stereocenters. The molecule has 1 aromatic heterocycles. The van der Waals surface area contributed by atoms with Crippen LogP contribution < -0.4 is 5.32 Å². The van der Waals surface area contributed by atoms with Gasteiger partial charge in [-0.25, -0.2) is 4.39 Å². The molecule has 0 spiro atoms. The average Bonchev–Trinajstić information content (AvgIpc) is 3.12. The Morgan fingerprint density at radius 3 is 2.40 bits per heavy atom. The Balaban J connectivity index is 1.77. The molecule has 3 aromatic rings. The van der Waals surface area contributed by atoms with Gasteiger partial charge < -0.3 is 9.84 Å². The fraction of sp³-hybridized carbons (Fsp3) is 0.211. The molecule has 0 saturated heterocycles. The van der Waals surface area contributed by atoms with E-state index in [2.05, 4.69) is 15.5 Å². The summed E-state index contributed by atoms with van der Waals surface area (Å²) in [6.45, 7) is 3.98. The number of benzene rings is 2. The van der Waals surface area contributed by atoms with Crippen LogP contribution in [-0.2, 0) is 0 Å². The summed E-state index contributed by atoms with van der Waals surface area (Å²) in [7, 11) is 0. The normalized spacial score (nSPS) is 12.0. The highest BCUT2D eigenvalue weighted by Crippen LogP contribution is 2.22. The number of rotatable bonds is 5. The smallest absolute Gasteiger partial charge is 0.258 e. The van der Waals surface area contributed by atoms with Crippen LogP contribution in [0.1, 0.15) is 30.6 Å². The first-order chi connectivity index (χ1) is 12.1. The number of carbonyl (C=O) groups is 1. The van der Waals surface area contributed by atoms with E-state index in [1.54, 1.807) is 36.4 Å². The number of nitrogens with zero attached hydrogens (tertiary/aromatic N) is 2. The van der Waals surface area contributed by atoms with E-state index in [-0.39, 0.29) is 17.8 Å². The van der Waals surface area contributed by atoms with E-state index in [1.165, 1.54) is 12.1 Å². The number of aromatic nitrogens is 2. The van der Waals surface area contributed by atoms with E-state index < -0.39 is 0 Å². The molecule has 1 amide bonds. The average molecular weight is 339 g/mol. The van der Waals surface area contributed by atoms with Gasteiger partial charge in [-0.2, -0.15) is 4.98 Å². The zero-order chi connectivity index (χ0) is 17.8. The van der Waals surface area contributed by atoms with E-state index >= 15 is 0 Å². The van der Waals surface area contributed by atoms with Crippen molar-refractivity contribution in [2.75, 3.05) is 0 Å². The molecule has 0 aliphatic heterocycles. The van der Waals surface area contributed by atoms with Crippen molar-refractivity contribution in [3.8, 4) is 22.8 Å². The lowest BCUT2D eigenvalue weighted by Crippen LogP contribution is -2.31. The maximum Gasteiger partial charge on any atom is 0.258 e. The number of amides is 1. The monoisotopic (exact) mass is 339 g/mol. The molecule has 0 aliphatic carbocycles. The Hall–Kier alpha value is -3.02. The fourth-order valence-corrected chi connectivity index (χ4v) is 2.23. The number of nitrogens with one attached hydrogen (secondary N) is 1. The quantitative estimate of drug-likeness (QED) is 0.761. The van der Waals surface area contributed by atoms with E-state index in [0.717, 1.165) is 6.42 Å². The second-order valence-corrected chi connectivity index (χ2v) is 5.79. The molecule has 1 atom stereocenters. The minimum Gasteiger partial charge on any atom is -0.350 e. The highest BCUT2D eigenvalue weighted by atomic mass is 19.1. The minimum atomic E-state index is -0.321. The molecular formula is C19H18FN3O2. The lowest BCUT2D eigenvalue weighted by molar-refractivity contribution is 0.0939. The Morgan fingerprint density at radius 1 is 1.12 bits per heavy atom. The lowest BCUT2D eigenvalue weighted by Gasteiger charge is -2.11. The zero-order valence-electron chi connectivity index (χ0n) is 14.0. The molecule has 6 heteroatoms. The van der Waals surface area contributed by atoms with E-state index in [0.29, 0.717) is 28.4 Å². The first-order valence-corrected chi connectivity index (χ1v) is 8.07. The SMILES string of the molecule is CC[C@@H](C)NC(=O)c1ccc(-c2nc(-c3ccc(F)cc3)no2)cc1. The summed E-state index contributed by atoms with van der Waals surface area (Å²) in [5.74, 6) is 0.291.